The van der Waals surface area contributed by atoms with Crippen molar-refractivity contribution in [1.82, 2.24) is 0 Å². The van der Waals surface area contributed by atoms with Crippen molar-refractivity contribution in [3.05, 3.63) is 0 Å². The fourth-order valence-corrected chi connectivity index (χ4v) is 0. The van der Waals surface area contributed by atoms with Crippen LogP contribution < -0.4 is 0 Å². The molecule has 0 aliphatic carbocycles. The fourth-order valence-electron chi connectivity index (χ4n) is 0. The fraction of sp³-hybridized carbons (Fsp3) is 0.500. The number of hydrogen-bond acceptors (Lipinski definition) is 1. The molecule has 0 atom stereocenters. The Morgan fingerprint density at radius 3 is 2.00 bits per heavy atom. The standard InChI is InChI=1S/C2H4O2.Co.4H/c1-2(3)4;;;;;/h1H3,(H,3,4);;;;;/q;;4*-1. The predicted molar refractivity (Wildman–Crippen MR) is 17.8 cm³/mol. The molecule has 0 fully saturated rings. The molecule has 0 unspecified atom stereocenters. The summed E-state index contributed by atoms with van der Waals surface area (Å²) in [4.78, 5) is 9.00. The first-order valence-electron chi connectivity index (χ1n) is 0.928. The molecule has 2 nitrogen and oxygen atoms in total. The van der Waals surface area contributed by atoms with Gasteiger partial charge in [-0.05, 0) is 0 Å². The van der Waals surface area contributed by atoms with Gasteiger partial charge in [-0.2, -0.15) is 0 Å². The monoisotopic (exact) mass is 123 g/mol. The summed E-state index contributed by atoms with van der Waals surface area (Å²) in [6.45, 7) is 1.08. The van der Waals surface area contributed by atoms with E-state index in [1.54, 1.807) is 0 Å². The number of carboxylic acid groups (broad SMARTS) is 1. The zero-order valence-corrected chi connectivity index (χ0v) is 3.73. The van der Waals surface area contributed by atoms with Crippen LogP contribution in [0.3, 0.4) is 0 Å². The van der Waals surface area contributed by atoms with Gasteiger partial charge in [-0.25, -0.2) is 0 Å². The van der Waals surface area contributed by atoms with Crippen molar-refractivity contribution < 1.29 is 32.4 Å². The molecule has 3 heteroatoms. The maximum absolute atomic E-state index is 9.00. The number of aliphatic carboxylic acids is 1. The SMILES string of the molecule is CC(=O)O.[Co].[H-].[H-].[H-].[H-]. The van der Waals surface area contributed by atoms with Crippen molar-refractivity contribution in [3.63, 3.8) is 0 Å². The molecule has 0 spiro atoms. The Morgan fingerprint density at radius 2 is 2.00 bits per heavy atom. The Hall–Kier alpha value is -0.0235. The molecule has 0 bridgehead atoms. The molecule has 0 aromatic heterocycles. The van der Waals surface area contributed by atoms with Crippen molar-refractivity contribution in [2.75, 3.05) is 0 Å². The van der Waals surface area contributed by atoms with E-state index in [9.17, 15) is 0 Å². The van der Waals surface area contributed by atoms with E-state index in [4.69, 9.17) is 9.90 Å². The average molecular weight is 123 g/mol. The molecular weight excluding hydrogens is 115 g/mol. The largest absolute Gasteiger partial charge is 1.00 e. The first kappa shape index (κ1) is 8.88. The van der Waals surface area contributed by atoms with Gasteiger partial charge in [-0.3, -0.25) is 4.79 Å². The van der Waals surface area contributed by atoms with Gasteiger partial charge in [0.2, 0.25) is 0 Å². The van der Waals surface area contributed by atoms with Crippen LogP contribution in [-0.4, -0.2) is 11.1 Å². The van der Waals surface area contributed by atoms with Gasteiger partial charge < -0.3 is 10.8 Å². The van der Waals surface area contributed by atoms with E-state index in [0.717, 1.165) is 6.92 Å². The molecule has 1 N–H and O–H groups in total. The van der Waals surface area contributed by atoms with Crippen LogP contribution in [0.4, 0.5) is 0 Å². The normalized spacial score (nSPS) is 5.00. The summed E-state index contributed by atoms with van der Waals surface area (Å²) in [5.74, 6) is -0.833. The van der Waals surface area contributed by atoms with Crippen LogP contribution in [0.5, 0.6) is 0 Å². The van der Waals surface area contributed by atoms with Gasteiger partial charge in [-0.1, -0.05) is 0 Å². The molecule has 0 saturated heterocycles. The Balaban J connectivity index is -0.00000000450. The van der Waals surface area contributed by atoms with Crippen molar-refractivity contribution in [2.24, 2.45) is 0 Å². The molecule has 0 rings (SSSR count). The predicted octanol–water partition coefficient (Wildman–Crippen LogP) is 0.538. The summed E-state index contributed by atoms with van der Waals surface area (Å²) in [5, 5.41) is 7.42. The maximum Gasteiger partial charge on any atom is 0.300 e. The van der Waals surface area contributed by atoms with Crippen LogP contribution in [0.25, 0.3) is 0 Å². The van der Waals surface area contributed by atoms with Crippen molar-refractivity contribution in [1.29, 1.82) is 0 Å². The summed E-state index contributed by atoms with van der Waals surface area (Å²) >= 11 is 0. The second-order valence-electron chi connectivity index (χ2n) is 0.519. The smallest absolute Gasteiger partial charge is 0.300 e. The van der Waals surface area contributed by atoms with E-state index in [1.165, 1.54) is 0 Å². The Morgan fingerprint density at radius 1 is 2.00 bits per heavy atom. The van der Waals surface area contributed by atoms with Gasteiger partial charge in [0.15, 0.2) is 0 Å². The van der Waals surface area contributed by atoms with Crippen molar-refractivity contribution >= 4 is 5.97 Å². The summed E-state index contributed by atoms with van der Waals surface area (Å²) in [5.41, 5.74) is 0. The van der Waals surface area contributed by atoms with Crippen LogP contribution in [0.15, 0.2) is 0 Å². The van der Waals surface area contributed by atoms with Crippen molar-refractivity contribution in [2.45, 2.75) is 6.92 Å². The zero-order valence-electron chi connectivity index (χ0n) is 6.69. The number of carbonyl (C=O) groups is 1. The quantitative estimate of drug-likeness (QED) is 0.510. The summed E-state index contributed by atoms with van der Waals surface area (Å²) in [6.07, 6.45) is 0. The molecule has 5 heavy (non-hydrogen) atoms. The van der Waals surface area contributed by atoms with Crippen LogP contribution in [0.2, 0.25) is 0 Å². The Bertz CT molecular complexity index is 39.5. The summed E-state index contributed by atoms with van der Waals surface area (Å²) in [6, 6.07) is 0. The van der Waals surface area contributed by atoms with E-state index >= 15 is 0 Å². The van der Waals surface area contributed by atoms with Gasteiger partial charge in [0.1, 0.15) is 0 Å². The molecule has 0 aromatic rings. The third-order valence-electron chi connectivity index (χ3n) is 0. The Labute approximate surface area is 46.3 Å². The molecule has 0 heterocycles. The minimum Gasteiger partial charge on any atom is -1.00 e. The first-order valence-corrected chi connectivity index (χ1v) is 0.928. The van der Waals surface area contributed by atoms with Crippen LogP contribution in [0, 0.1) is 0 Å². The third-order valence-corrected chi connectivity index (χ3v) is 0. The molecule has 1 radical (unpaired) electrons. The molecule has 0 aliphatic heterocycles. The molecule has 41 valence electrons. The number of rotatable bonds is 0. The van der Waals surface area contributed by atoms with Crippen molar-refractivity contribution in [3.8, 4) is 0 Å². The Kier molecular flexibility index (Phi) is 7.06. The van der Waals surface area contributed by atoms with Crippen LogP contribution in [-0.2, 0) is 21.6 Å². The van der Waals surface area contributed by atoms with Gasteiger partial charge in [0, 0.05) is 23.7 Å². The van der Waals surface area contributed by atoms with Gasteiger partial charge >= 0.3 is 0 Å². The second-order valence-corrected chi connectivity index (χ2v) is 0.519. The number of carboxylic acids is 1. The summed E-state index contributed by atoms with van der Waals surface area (Å²) < 4.78 is 0. The third kappa shape index (κ3) is 28100. The van der Waals surface area contributed by atoms with E-state index in [1.807, 2.05) is 0 Å². The molecular formula is C2H8CoO2-4. The van der Waals surface area contributed by atoms with E-state index in [0.29, 0.717) is 0 Å². The average Bonchev–Trinajstić information content (AvgIpc) is 0.811. The molecule has 0 saturated carbocycles. The van der Waals surface area contributed by atoms with Gasteiger partial charge in [-0.15, -0.1) is 0 Å². The zero-order chi connectivity index (χ0) is 3.58. The first-order chi connectivity index (χ1) is 1.73. The molecule has 0 aromatic carbocycles. The van der Waals surface area contributed by atoms with Gasteiger partial charge in [0.05, 0.1) is 0 Å². The molecule has 0 aliphatic rings. The molecule has 0 amide bonds. The van der Waals surface area contributed by atoms with E-state index in [-0.39, 0.29) is 22.5 Å². The van der Waals surface area contributed by atoms with Crippen LogP contribution >= 0.6 is 0 Å². The number of hydrogen-bond donors (Lipinski definition) is 1. The van der Waals surface area contributed by atoms with E-state index in [2.05, 4.69) is 0 Å². The minimum absolute atomic E-state index is 0. The summed E-state index contributed by atoms with van der Waals surface area (Å²) in [7, 11) is 0. The van der Waals surface area contributed by atoms with Gasteiger partial charge in [0.25, 0.3) is 5.97 Å². The van der Waals surface area contributed by atoms with E-state index < -0.39 is 5.97 Å². The second kappa shape index (κ2) is 3.98. The topological polar surface area (TPSA) is 37.3 Å². The van der Waals surface area contributed by atoms with Crippen LogP contribution in [0.1, 0.15) is 12.6 Å². The minimum atomic E-state index is -0.833. The maximum atomic E-state index is 9.00.